The second-order valence-electron chi connectivity index (χ2n) is 6.75. The summed E-state index contributed by atoms with van der Waals surface area (Å²) >= 11 is 0. The third-order valence-electron chi connectivity index (χ3n) is 4.63. The number of aryl methyl sites for hydroxylation is 1. The lowest BCUT2D eigenvalue weighted by Gasteiger charge is -2.21. The topological polar surface area (TPSA) is 67.2 Å². The number of hydrogen-bond donors (Lipinski definition) is 1. The van der Waals surface area contributed by atoms with Gasteiger partial charge < -0.3 is 10.2 Å². The lowest BCUT2D eigenvalue weighted by molar-refractivity contribution is -0.127. The maximum absolute atomic E-state index is 13.1. The molecule has 138 valence electrons. The monoisotopic (exact) mass is 358 g/mol. The Balaban J connectivity index is 1.75. The van der Waals surface area contributed by atoms with Crippen LogP contribution in [-0.2, 0) is 4.79 Å². The van der Waals surface area contributed by atoms with Crippen molar-refractivity contribution in [2.45, 2.75) is 39.7 Å². The van der Waals surface area contributed by atoms with Crippen LogP contribution < -0.4 is 5.32 Å². The van der Waals surface area contributed by atoms with E-state index in [9.17, 15) is 14.0 Å². The van der Waals surface area contributed by atoms with Gasteiger partial charge in [-0.15, -0.1) is 0 Å². The van der Waals surface area contributed by atoms with E-state index >= 15 is 0 Å². The Morgan fingerprint density at radius 3 is 2.62 bits per heavy atom. The molecule has 1 fully saturated rings. The Morgan fingerprint density at radius 1 is 1.31 bits per heavy atom. The summed E-state index contributed by atoms with van der Waals surface area (Å²) in [4.78, 5) is 26.2. The SMILES string of the molecule is Cc1nn(-c2ccc(F)cc2)c(C)c1C(=O)N[C@H](C)CN1CCCC1=O. The molecule has 7 heteroatoms. The van der Waals surface area contributed by atoms with Crippen molar-refractivity contribution in [1.82, 2.24) is 20.0 Å². The third-order valence-corrected chi connectivity index (χ3v) is 4.63. The fraction of sp³-hybridized carbons (Fsp3) is 0.421. The first-order valence-corrected chi connectivity index (χ1v) is 8.77. The molecule has 1 aliphatic heterocycles. The zero-order chi connectivity index (χ0) is 18.8. The van der Waals surface area contributed by atoms with E-state index < -0.39 is 0 Å². The second-order valence-corrected chi connectivity index (χ2v) is 6.75. The highest BCUT2D eigenvalue weighted by Gasteiger charge is 2.24. The van der Waals surface area contributed by atoms with Gasteiger partial charge in [0.15, 0.2) is 0 Å². The quantitative estimate of drug-likeness (QED) is 0.892. The third kappa shape index (κ3) is 3.61. The van der Waals surface area contributed by atoms with Gasteiger partial charge in [-0.25, -0.2) is 9.07 Å². The molecule has 1 aliphatic rings. The molecule has 6 nitrogen and oxygen atoms in total. The van der Waals surface area contributed by atoms with Crippen molar-refractivity contribution in [2.75, 3.05) is 13.1 Å². The largest absolute Gasteiger partial charge is 0.348 e. The second kappa shape index (κ2) is 7.27. The highest BCUT2D eigenvalue weighted by Crippen LogP contribution is 2.18. The average Bonchev–Trinajstić information content (AvgIpc) is 3.11. The van der Waals surface area contributed by atoms with E-state index in [4.69, 9.17) is 0 Å². The first-order valence-electron chi connectivity index (χ1n) is 8.77. The molecule has 2 aromatic rings. The molecular formula is C19H23FN4O2. The van der Waals surface area contributed by atoms with Gasteiger partial charge >= 0.3 is 0 Å². The molecule has 2 heterocycles. The predicted octanol–water partition coefficient (Wildman–Crippen LogP) is 2.37. The number of nitrogens with zero attached hydrogens (tertiary/aromatic N) is 3. The average molecular weight is 358 g/mol. The van der Waals surface area contributed by atoms with Crippen molar-refractivity contribution in [3.05, 3.63) is 47.0 Å². The van der Waals surface area contributed by atoms with Gasteiger partial charge in [-0.1, -0.05) is 0 Å². The van der Waals surface area contributed by atoms with Gasteiger partial charge in [0.25, 0.3) is 5.91 Å². The van der Waals surface area contributed by atoms with Crippen LogP contribution >= 0.6 is 0 Å². The number of likely N-dealkylation sites (tertiary alicyclic amines) is 1. The summed E-state index contributed by atoms with van der Waals surface area (Å²) in [5.74, 6) is -0.395. The molecule has 1 aromatic heterocycles. The van der Waals surface area contributed by atoms with Crippen LogP contribution in [0.4, 0.5) is 4.39 Å². The number of nitrogens with one attached hydrogen (secondary N) is 1. The van der Waals surface area contributed by atoms with Gasteiger partial charge in [-0.3, -0.25) is 9.59 Å². The van der Waals surface area contributed by atoms with E-state index in [1.165, 1.54) is 12.1 Å². The van der Waals surface area contributed by atoms with E-state index in [0.29, 0.717) is 35.6 Å². The molecule has 1 N–H and O–H groups in total. The lowest BCUT2D eigenvalue weighted by Crippen LogP contribution is -2.42. The van der Waals surface area contributed by atoms with E-state index in [-0.39, 0.29) is 23.7 Å². The minimum absolute atomic E-state index is 0.141. The van der Waals surface area contributed by atoms with Crippen LogP contribution in [0.1, 0.15) is 41.5 Å². The highest BCUT2D eigenvalue weighted by atomic mass is 19.1. The van der Waals surface area contributed by atoms with Gasteiger partial charge in [0.2, 0.25) is 5.91 Å². The van der Waals surface area contributed by atoms with Crippen molar-refractivity contribution < 1.29 is 14.0 Å². The van der Waals surface area contributed by atoms with Crippen LogP contribution in [0.3, 0.4) is 0 Å². The van der Waals surface area contributed by atoms with Crippen molar-refractivity contribution in [3.63, 3.8) is 0 Å². The number of aromatic nitrogens is 2. The molecule has 26 heavy (non-hydrogen) atoms. The molecule has 0 aliphatic carbocycles. The van der Waals surface area contributed by atoms with Crippen molar-refractivity contribution >= 4 is 11.8 Å². The number of benzene rings is 1. The van der Waals surface area contributed by atoms with E-state index in [1.807, 2.05) is 13.8 Å². The van der Waals surface area contributed by atoms with Crippen LogP contribution in [0, 0.1) is 19.7 Å². The summed E-state index contributed by atoms with van der Waals surface area (Å²) in [6, 6.07) is 5.81. The van der Waals surface area contributed by atoms with Crippen LogP contribution in [0.15, 0.2) is 24.3 Å². The molecule has 0 saturated carbocycles. The smallest absolute Gasteiger partial charge is 0.255 e. The Kier molecular flexibility index (Phi) is 5.06. The first kappa shape index (κ1) is 18.1. The maximum Gasteiger partial charge on any atom is 0.255 e. The van der Waals surface area contributed by atoms with E-state index in [1.54, 1.807) is 28.6 Å². The molecule has 1 atom stereocenters. The number of hydrogen-bond acceptors (Lipinski definition) is 3. The van der Waals surface area contributed by atoms with Crippen LogP contribution in [0.25, 0.3) is 5.69 Å². The molecule has 2 amide bonds. The molecule has 0 unspecified atom stereocenters. The van der Waals surface area contributed by atoms with Crippen molar-refractivity contribution in [3.8, 4) is 5.69 Å². The molecule has 3 rings (SSSR count). The summed E-state index contributed by atoms with van der Waals surface area (Å²) in [5, 5.41) is 7.38. The van der Waals surface area contributed by atoms with Crippen LogP contribution in [0.2, 0.25) is 0 Å². The fourth-order valence-electron chi connectivity index (χ4n) is 3.37. The van der Waals surface area contributed by atoms with Gasteiger partial charge in [-0.2, -0.15) is 5.10 Å². The highest BCUT2D eigenvalue weighted by molar-refractivity contribution is 5.96. The van der Waals surface area contributed by atoms with Crippen molar-refractivity contribution in [1.29, 1.82) is 0 Å². The Morgan fingerprint density at radius 2 is 2.00 bits per heavy atom. The van der Waals surface area contributed by atoms with Gasteiger partial charge in [0, 0.05) is 25.6 Å². The minimum atomic E-state index is -0.321. The molecule has 0 radical (unpaired) electrons. The van der Waals surface area contributed by atoms with Crippen LogP contribution in [-0.4, -0.2) is 45.6 Å². The predicted molar refractivity (Wildman–Crippen MR) is 95.7 cm³/mol. The lowest BCUT2D eigenvalue weighted by atomic mass is 10.1. The Labute approximate surface area is 152 Å². The van der Waals surface area contributed by atoms with Gasteiger partial charge in [0.1, 0.15) is 5.82 Å². The number of rotatable bonds is 5. The molecule has 0 spiro atoms. The van der Waals surface area contributed by atoms with Crippen molar-refractivity contribution in [2.24, 2.45) is 0 Å². The summed E-state index contributed by atoms with van der Waals surface area (Å²) in [5.41, 5.74) is 2.50. The fourth-order valence-corrected chi connectivity index (χ4v) is 3.37. The van der Waals surface area contributed by atoms with E-state index in [2.05, 4.69) is 10.4 Å². The van der Waals surface area contributed by atoms with Gasteiger partial charge in [-0.05, 0) is 51.5 Å². The standard InChI is InChI=1S/C19H23FN4O2/c1-12(11-23-10-4-5-17(23)25)21-19(26)18-13(2)22-24(14(18)3)16-8-6-15(20)7-9-16/h6-9,12H,4-5,10-11H2,1-3H3,(H,21,26)/t12-/m1/s1. The van der Waals surface area contributed by atoms with Crippen LogP contribution in [0.5, 0.6) is 0 Å². The summed E-state index contributed by atoms with van der Waals surface area (Å²) in [7, 11) is 0. The summed E-state index contributed by atoms with van der Waals surface area (Å²) < 4.78 is 14.8. The maximum atomic E-state index is 13.1. The zero-order valence-electron chi connectivity index (χ0n) is 15.3. The zero-order valence-corrected chi connectivity index (χ0v) is 15.3. The number of carbonyl (C=O) groups is 2. The summed E-state index contributed by atoms with van der Waals surface area (Å²) in [6.07, 6.45) is 1.46. The number of carbonyl (C=O) groups excluding carboxylic acids is 2. The Hall–Kier alpha value is -2.70. The molecule has 1 saturated heterocycles. The normalized spacial score (nSPS) is 15.4. The Bertz CT molecular complexity index is 829. The number of amides is 2. The minimum Gasteiger partial charge on any atom is -0.348 e. The molecular weight excluding hydrogens is 335 g/mol. The first-order chi connectivity index (χ1) is 12.4. The molecule has 1 aromatic carbocycles. The number of halogens is 1. The summed E-state index contributed by atoms with van der Waals surface area (Å²) in [6.45, 7) is 6.73. The van der Waals surface area contributed by atoms with E-state index in [0.717, 1.165) is 13.0 Å². The molecule has 0 bridgehead atoms. The van der Waals surface area contributed by atoms with Gasteiger partial charge in [0.05, 0.1) is 22.6 Å².